The van der Waals surface area contributed by atoms with Crippen LogP contribution in [0.25, 0.3) is 0 Å². The molecule has 0 bridgehead atoms. The molecule has 2 fully saturated rings. The molecule has 0 aromatic heterocycles. The molecule has 2 rings (SSSR count). The highest BCUT2D eigenvalue weighted by Gasteiger charge is 2.50. The summed E-state index contributed by atoms with van der Waals surface area (Å²) in [6.07, 6.45) is 2.89. The third kappa shape index (κ3) is 3.69. The first-order chi connectivity index (χ1) is 8.92. The predicted octanol–water partition coefficient (Wildman–Crippen LogP) is 0.359. The van der Waals surface area contributed by atoms with Crippen LogP contribution >= 0.6 is 0 Å². The van der Waals surface area contributed by atoms with Crippen LogP contribution in [0.1, 0.15) is 33.1 Å². The van der Waals surface area contributed by atoms with E-state index in [1.807, 2.05) is 0 Å². The molecule has 0 aromatic carbocycles. The number of likely N-dealkylation sites (tertiary alicyclic amines) is 1. The Morgan fingerprint density at radius 3 is 2.32 bits per heavy atom. The number of piperidine rings is 1. The van der Waals surface area contributed by atoms with Crippen molar-refractivity contribution in [2.45, 2.75) is 39.2 Å². The Morgan fingerprint density at radius 2 is 1.84 bits per heavy atom. The number of nitrogens with zero attached hydrogens (tertiary/aromatic N) is 1. The minimum atomic E-state index is 0.0576. The summed E-state index contributed by atoms with van der Waals surface area (Å²) in [6.45, 7) is 6.51. The van der Waals surface area contributed by atoms with Gasteiger partial charge in [0.05, 0.1) is 6.54 Å². The van der Waals surface area contributed by atoms with E-state index in [-0.39, 0.29) is 29.2 Å². The van der Waals surface area contributed by atoms with Gasteiger partial charge in [0.15, 0.2) is 0 Å². The number of hydrogen-bond acceptors (Lipinski definition) is 3. The summed E-state index contributed by atoms with van der Waals surface area (Å²) in [5.41, 5.74) is 0.198. The van der Waals surface area contributed by atoms with Crippen molar-refractivity contribution in [3.05, 3.63) is 0 Å². The number of carbonyl (C=O) groups is 2. The van der Waals surface area contributed by atoms with Crippen molar-refractivity contribution in [3.8, 4) is 0 Å². The third-order valence-electron chi connectivity index (χ3n) is 4.41. The standard InChI is InChI=1S/C14H25N3O2/c1-14(2)8-11(14)13(19)16-10-4-6-17(7-5-10)9-12(18)15-3/h10-11H,4-9H2,1-3H3,(H,15,18)(H,16,19)/t11-/m1/s1. The largest absolute Gasteiger partial charge is 0.358 e. The van der Waals surface area contributed by atoms with E-state index in [0.29, 0.717) is 6.54 Å². The van der Waals surface area contributed by atoms with E-state index in [1.54, 1.807) is 7.05 Å². The molecule has 2 amide bonds. The molecule has 0 unspecified atom stereocenters. The van der Waals surface area contributed by atoms with Gasteiger partial charge in [-0.3, -0.25) is 14.5 Å². The lowest BCUT2D eigenvalue weighted by Gasteiger charge is -2.31. The predicted molar refractivity (Wildman–Crippen MR) is 73.6 cm³/mol. The zero-order valence-electron chi connectivity index (χ0n) is 12.2. The maximum absolute atomic E-state index is 12.0. The first-order valence-corrected chi connectivity index (χ1v) is 7.15. The van der Waals surface area contributed by atoms with Crippen molar-refractivity contribution in [1.29, 1.82) is 0 Å². The molecule has 0 spiro atoms. The van der Waals surface area contributed by atoms with Crippen LogP contribution in [0.15, 0.2) is 0 Å². The number of likely N-dealkylation sites (N-methyl/N-ethyl adjacent to an activating group) is 1. The normalized spacial score (nSPS) is 26.8. The van der Waals surface area contributed by atoms with Gasteiger partial charge in [-0.15, -0.1) is 0 Å². The van der Waals surface area contributed by atoms with Crippen LogP contribution < -0.4 is 10.6 Å². The van der Waals surface area contributed by atoms with Crippen molar-refractivity contribution in [3.63, 3.8) is 0 Å². The molecule has 1 saturated heterocycles. The van der Waals surface area contributed by atoms with Gasteiger partial charge in [0.25, 0.3) is 0 Å². The second-order valence-corrected chi connectivity index (χ2v) is 6.48. The quantitative estimate of drug-likeness (QED) is 0.773. The summed E-state index contributed by atoms with van der Waals surface area (Å²) in [5, 5.41) is 5.80. The fourth-order valence-corrected chi connectivity index (χ4v) is 2.73. The van der Waals surface area contributed by atoms with Gasteiger partial charge in [-0.1, -0.05) is 13.8 Å². The number of nitrogens with one attached hydrogen (secondary N) is 2. The van der Waals surface area contributed by atoms with E-state index in [9.17, 15) is 9.59 Å². The van der Waals surface area contributed by atoms with Crippen LogP contribution in [0.5, 0.6) is 0 Å². The number of amides is 2. The minimum absolute atomic E-state index is 0.0576. The van der Waals surface area contributed by atoms with Gasteiger partial charge in [0.1, 0.15) is 0 Å². The smallest absolute Gasteiger partial charge is 0.233 e. The van der Waals surface area contributed by atoms with Crippen molar-refractivity contribution in [1.82, 2.24) is 15.5 Å². The van der Waals surface area contributed by atoms with E-state index in [0.717, 1.165) is 32.4 Å². The Bertz CT molecular complexity index is 360. The molecular formula is C14H25N3O2. The lowest BCUT2D eigenvalue weighted by Crippen LogP contribution is -2.47. The van der Waals surface area contributed by atoms with Gasteiger partial charge in [0, 0.05) is 32.1 Å². The molecule has 1 atom stereocenters. The first kappa shape index (κ1) is 14.3. The van der Waals surface area contributed by atoms with Crippen molar-refractivity contribution < 1.29 is 9.59 Å². The summed E-state index contributed by atoms with van der Waals surface area (Å²) < 4.78 is 0. The highest BCUT2D eigenvalue weighted by atomic mass is 16.2. The number of hydrogen-bond donors (Lipinski definition) is 2. The maximum atomic E-state index is 12.0. The average molecular weight is 267 g/mol. The molecule has 5 nitrogen and oxygen atoms in total. The molecule has 2 N–H and O–H groups in total. The summed E-state index contributed by atoms with van der Waals surface area (Å²) in [5.74, 6) is 0.480. The summed E-state index contributed by atoms with van der Waals surface area (Å²) in [7, 11) is 1.66. The van der Waals surface area contributed by atoms with Gasteiger partial charge >= 0.3 is 0 Å². The Morgan fingerprint density at radius 1 is 1.26 bits per heavy atom. The van der Waals surface area contributed by atoms with E-state index in [1.165, 1.54) is 0 Å². The Kier molecular flexibility index (Phi) is 4.13. The second kappa shape index (κ2) is 5.49. The van der Waals surface area contributed by atoms with Gasteiger partial charge in [0.2, 0.25) is 11.8 Å². The molecule has 108 valence electrons. The van der Waals surface area contributed by atoms with E-state index in [4.69, 9.17) is 0 Å². The Balaban J connectivity index is 1.69. The van der Waals surface area contributed by atoms with Gasteiger partial charge in [-0.25, -0.2) is 0 Å². The maximum Gasteiger partial charge on any atom is 0.233 e. The topological polar surface area (TPSA) is 61.4 Å². The van der Waals surface area contributed by atoms with Crippen LogP contribution in [0.3, 0.4) is 0 Å². The fraction of sp³-hybridized carbons (Fsp3) is 0.857. The molecule has 1 heterocycles. The van der Waals surface area contributed by atoms with Crippen molar-refractivity contribution in [2.24, 2.45) is 11.3 Å². The van der Waals surface area contributed by atoms with Gasteiger partial charge in [-0.2, -0.15) is 0 Å². The molecule has 0 aromatic rings. The lowest BCUT2D eigenvalue weighted by molar-refractivity contribution is -0.125. The van der Waals surface area contributed by atoms with E-state index >= 15 is 0 Å². The van der Waals surface area contributed by atoms with Crippen LogP contribution in [0, 0.1) is 11.3 Å². The molecule has 1 aliphatic carbocycles. The van der Waals surface area contributed by atoms with Crippen LogP contribution in [-0.4, -0.2) is 49.4 Å². The zero-order valence-corrected chi connectivity index (χ0v) is 12.2. The van der Waals surface area contributed by atoms with Crippen LogP contribution in [0.2, 0.25) is 0 Å². The molecule has 1 aliphatic heterocycles. The molecular weight excluding hydrogens is 242 g/mol. The Labute approximate surface area is 115 Å². The average Bonchev–Trinajstić information content (AvgIpc) is 3.01. The minimum Gasteiger partial charge on any atom is -0.358 e. The highest BCUT2D eigenvalue weighted by Crippen LogP contribution is 2.51. The summed E-state index contributed by atoms with van der Waals surface area (Å²) >= 11 is 0. The third-order valence-corrected chi connectivity index (χ3v) is 4.41. The Hall–Kier alpha value is -1.10. The molecule has 19 heavy (non-hydrogen) atoms. The lowest BCUT2D eigenvalue weighted by atomic mass is 10.0. The molecule has 2 aliphatic rings. The highest BCUT2D eigenvalue weighted by molar-refractivity contribution is 5.82. The van der Waals surface area contributed by atoms with Crippen LogP contribution in [0.4, 0.5) is 0 Å². The van der Waals surface area contributed by atoms with Crippen LogP contribution in [-0.2, 0) is 9.59 Å². The second-order valence-electron chi connectivity index (χ2n) is 6.48. The summed E-state index contributed by atoms with van der Waals surface area (Å²) in [4.78, 5) is 25.4. The SMILES string of the molecule is CNC(=O)CN1CCC(NC(=O)[C@H]2CC2(C)C)CC1. The van der Waals surface area contributed by atoms with Crippen molar-refractivity contribution in [2.75, 3.05) is 26.7 Å². The first-order valence-electron chi connectivity index (χ1n) is 7.15. The fourth-order valence-electron chi connectivity index (χ4n) is 2.73. The molecule has 1 saturated carbocycles. The number of rotatable bonds is 4. The monoisotopic (exact) mass is 267 g/mol. The molecule has 5 heteroatoms. The summed E-state index contributed by atoms with van der Waals surface area (Å²) in [6, 6.07) is 0.282. The van der Waals surface area contributed by atoms with E-state index in [2.05, 4.69) is 29.4 Å². The van der Waals surface area contributed by atoms with Gasteiger partial charge in [-0.05, 0) is 24.7 Å². The number of carbonyl (C=O) groups excluding carboxylic acids is 2. The molecule has 0 radical (unpaired) electrons. The van der Waals surface area contributed by atoms with Crippen molar-refractivity contribution >= 4 is 11.8 Å². The van der Waals surface area contributed by atoms with Gasteiger partial charge < -0.3 is 10.6 Å². The zero-order chi connectivity index (χ0) is 14.0. The van der Waals surface area contributed by atoms with E-state index < -0.39 is 0 Å².